The molecular weight excluding hydrogens is 206 g/mol. The average Bonchev–Trinajstić information content (AvgIpc) is 3.01. The first-order chi connectivity index (χ1) is 7.93. The summed E-state index contributed by atoms with van der Waals surface area (Å²) in [6, 6.07) is 3.66. The fourth-order valence-corrected chi connectivity index (χ4v) is 1.28. The van der Waals surface area contributed by atoms with Crippen molar-refractivity contribution in [3.8, 4) is 17.3 Å². The normalized spacial score (nSPS) is 10.5. The SMILES string of the molecule is c1cncc(-n2nnc(-c3ncc[nH]3)n2)c1. The van der Waals surface area contributed by atoms with Crippen LogP contribution in [0.4, 0.5) is 0 Å². The van der Waals surface area contributed by atoms with Crippen molar-refractivity contribution >= 4 is 0 Å². The fraction of sp³-hybridized carbons (Fsp3) is 0. The van der Waals surface area contributed by atoms with Gasteiger partial charge in [-0.3, -0.25) is 4.98 Å². The molecule has 78 valence electrons. The summed E-state index contributed by atoms with van der Waals surface area (Å²) in [5.41, 5.74) is 0.757. The highest BCUT2D eigenvalue weighted by Gasteiger charge is 2.08. The lowest BCUT2D eigenvalue weighted by Gasteiger charge is -1.94. The molecule has 16 heavy (non-hydrogen) atoms. The molecule has 3 heterocycles. The van der Waals surface area contributed by atoms with Crippen LogP contribution in [0.1, 0.15) is 0 Å². The number of aromatic nitrogens is 7. The summed E-state index contributed by atoms with van der Waals surface area (Å²) in [6.07, 6.45) is 6.70. The molecule has 0 aliphatic rings. The number of tetrazole rings is 1. The fourth-order valence-electron chi connectivity index (χ4n) is 1.28. The number of imidazole rings is 1. The van der Waals surface area contributed by atoms with E-state index in [1.54, 1.807) is 24.8 Å². The Morgan fingerprint density at radius 3 is 3.00 bits per heavy atom. The summed E-state index contributed by atoms with van der Waals surface area (Å²) in [5.74, 6) is 1.05. The molecule has 1 N–H and O–H groups in total. The van der Waals surface area contributed by atoms with Crippen molar-refractivity contribution in [2.24, 2.45) is 0 Å². The van der Waals surface area contributed by atoms with Gasteiger partial charge in [-0.15, -0.1) is 15.0 Å². The van der Waals surface area contributed by atoms with Crippen molar-refractivity contribution in [3.05, 3.63) is 36.9 Å². The molecule has 0 fully saturated rings. The minimum atomic E-state index is 0.453. The van der Waals surface area contributed by atoms with Gasteiger partial charge in [0.2, 0.25) is 5.82 Å². The molecule has 0 aliphatic carbocycles. The highest BCUT2D eigenvalue weighted by molar-refractivity contribution is 5.40. The second kappa shape index (κ2) is 3.54. The molecule has 0 aliphatic heterocycles. The van der Waals surface area contributed by atoms with E-state index in [0.29, 0.717) is 11.6 Å². The molecular formula is C9H7N7. The molecule has 7 heteroatoms. The zero-order chi connectivity index (χ0) is 10.8. The van der Waals surface area contributed by atoms with E-state index in [9.17, 15) is 0 Å². The number of hydrogen-bond acceptors (Lipinski definition) is 5. The predicted octanol–water partition coefficient (Wildman–Crippen LogP) is 0.447. The van der Waals surface area contributed by atoms with Crippen molar-refractivity contribution in [3.63, 3.8) is 0 Å². The number of nitrogens with zero attached hydrogens (tertiary/aromatic N) is 6. The third-order valence-corrected chi connectivity index (χ3v) is 2.00. The van der Waals surface area contributed by atoms with E-state index in [1.807, 2.05) is 12.1 Å². The summed E-state index contributed by atoms with van der Waals surface area (Å²) in [5, 5.41) is 12.0. The van der Waals surface area contributed by atoms with Gasteiger partial charge in [0.1, 0.15) is 5.69 Å². The van der Waals surface area contributed by atoms with Crippen molar-refractivity contribution in [1.29, 1.82) is 0 Å². The molecule has 0 bridgehead atoms. The highest BCUT2D eigenvalue weighted by Crippen LogP contribution is 2.07. The van der Waals surface area contributed by atoms with Crippen molar-refractivity contribution in [1.82, 2.24) is 35.2 Å². The van der Waals surface area contributed by atoms with E-state index >= 15 is 0 Å². The Labute approximate surface area is 90.2 Å². The van der Waals surface area contributed by atoms with Crippen LogP contribution in [-0.4, -0.2) is 35.2 Å². The van der Waals surface area contributed by atoms with Gasteiger partial charge in [-0.05, 0) is 17.3 Å². The van der Waals surface area contributed by atoms with Gasteiger partial charge in [-0.2, -0.15) is 0 Å². The number of pyridine rings is 1. The second-order valence-corrected chi connectivity index (χ2v) is 3.05. The maximum atomic E-state index is 4.18. The molecule has 3 aromatic rings. The molecule has 0 atom stereocenters. The van der Waals surface area contributed by atoms with Gasteiger partial charge in [-0.1, -0.05) is 0 Å². The van der Waals surface area contributed by atoms with Gasteiger partial charge in [0.15, 0.2) is 5.82 Å². The maximum absolute atomic E-state index is 4.18. The van der Waals surface area contributed by atoms with E-state index in [2.05, 4.69) is 30.4 Å². The lowest BCUT2D eigenvalue weighted by molar-refractivity contribution is 0.717. The molecule has 0 aromatic carbocycles. The van der Waals surface area contributed by atoms with E-state index in [4.69, 9.17) is 0 Å². The molecule has 0 saturated carbocycles. The summed E-state index contributed by atoms with van der Waals surface area (Å²) in [6.45, 7) is 0. The zero-order valence-electron chi connectivity index (χ0n) is 8.15. The van der Waals surface area contributed by atoms with Crippen LogP contribution in [-0.2, 0) is 0 Å². The molecule has 0 saturated heterocycles. The largest absolute Gasteiger partial charge is 0.342 e. The first-order valence-electron chi connectivity index (χ1n) is 4.64. The Kier molecular flexibility index (Phi) is 1.93. The van der Waals surface area contributed by atoms with Crippen molar-refractivity contribution in [2.75, 3.05) is 0 Å². The summed E-state index contributed by atoms with van der Waals surface area (Å²) in [7, 11) is 0. The first kappa shape index (κ1) is 8.72. The second-order valence-electron chi connectivity index (χ2n) is 3.05. The number of hydrogen-bond donors (Lipinski definition) is 1. The Hall–Kier alpha value is -2.57. The molecule has 0 unspecified atom stereocenters. The Balaban J connectivity index is 2.00. The van der Waals surface area contributed by atoms with Gasteiger partial charge in [-0.25, -0.2) is 4.98 Å². The number of H-pyrrole nitrogens is 1. The zero-order valence-corrected chi connectivity index (χ0v) is 8.15. The summed E-state index contributed by atoms with van der Waals surface area (Å²) >= 11 is 0. The van der Waals surface area contributed by atoms with Crippen molar-refractivity contribution in [2.45, 2.75) is 0 Å². The first-order valence-corrected chi connectivity index (χ1v) is 4.64. The molecule has 0 radical (unpaired) electrons. The number of aromatic amines is 1. The maximum Gasteiger partial charge on any atom is 0.240 e. The quantitative estimate of drug-likeness (QED) is 0.667. The Morgan fingerprint density at radius 1 is 1.25 bits per heavy atom. The third kappa shape index (κ3) is 1.44. The van der Waals surface area contributed by atoms with Gasteiger partial charge < -0.3 is 4.98 Å². The van der Waals surface area contributed by atoms with Crippen LogP contribution in [0.25, 0.3) is 17.3 Å². The lowest BCUT2D eigenvalue weighted by Crippen LogP contribution is -1.99. The molecule has 3 aromatic heterocycles. The Bertz CT molecular complexity index is 569. The standard InChI is InChI=1S/C9H7N7/c1-2-7(6-10-3-1)16-14-9(13-15-16)8-11-4-5-12-8/h1-6H,(H,11,12). The summed E-state index contributed by atoms with van der Waals surface area (Å²) < 4.78 is 0. The molecule has 3 rings (SSSR count). The van der Waals surface area contributed by atoms with Crippen LogP contribution >= 0.6 is 0 Å². The molecule has 0 spiro atoms. The molecule has 0 amide bonds. The lowest BCUT2D eigenvalue weighted by atomic mass is 10.4. The Morgan fingerprint density at radius 2 is 2.25 bits per heavy atom. The smallest absolute Gasteiger partial charge is 0.240 e. The average molecular weight is 213 g/mol. The topological polar surface area (TPSA) is 85.2 Å². The predicted molar refractivity (Wildman–Crippen MR) is 54.5 cm³/mol. The van der Waals surface area contributed by atoms with Crippen LogP contribution in [0.3, 0.4) is 0 Å². The van der Waals surface area contributed by atoms with Crippen molar-refractivity contribution < 1.29 is 0 Å². The monoisotopic (exact) mass is 213 g/mol. The third-order valence-electron chi connectivity index (χ3n) is 2.00. The van der Waals surface area contributed by atoms with Crippen LogP contribution in [0.2, 0.25) is 0 Å². The van der Waals surface area contributed by atoms with E-state index < -0.39 is 0 Å². The highest BCUT2D eigenvalue weighted by atomic mass is 15.6. The van der Waals surface area contributed by atoms with Gasteiger partial charge in [0, 0.05) is 18.6 Å². The van der Waals surface area contributed by atoms with E-state index in [1.165, 1.54) is 4.80 Å². The van der Waals surface area contributed by atoms with Crippen LogP contribution in [0.15, 0.2) is 36.9 Å². The summed E-state index contributed by atoms with van der Waals surface area (Å²) in [4.78, 5) is 12.3. The van der Waals surface area contributed by atoms with Crippen LogP contribution in [0.5, 0.6) is 0 Å². The van der Waals surface area contributed by atoms with E-state index in [0.717, 1.165) is 5.69 Å². The number of rotatable bonds is 2. The minimum Gasteiger partial charge on any atom is -0.342 e. The van der Waals surface area contributed by atoms with E-state index in [-0.39, 0.29) is 0 Å². The van der Waals surface area contributed by atoms with Gasteiger partial charge >= 0.3 is 0 Å². The van der Waals surface area contributed by atoms with Crippen LogP contribution in [0, 0.1) is 0 Å². The molecule has 7 nitrogen and oxygen atoms in total. The van der Waals surface area contributed by atoms with Gasteiger partial charge in [0.25, 0.3) is 0 Å². The minimum absolute atomic E-state index is 0.453. The number of nitrogens with one attached hydrogen (secondary N) is 1. The van der Waals surface area contributed by atoms with Gasteiger partial charge in [0.05, 0.1) is 6.20 Å². The van der Waals surface area contributed by atoms with Crippen LogP contribution < -0.4 is 0 Å².